The van der Waals surface area contributed by atoms with Gasteiger partial charge in [0.15, 0.2) is 0 Å². The van der Waals surface area contributed by atoms with Crippen molar-refractivity contribution in [2.75, 3.05) is 13.1 Å². The molecule has 27 heavy (non-hydrogen) atoms. The largest absolute Gasteiger partial charge is 0.339 e. The van der Waals surface area contributed by atoms with Crippen molar-refractivity contribution in [3.05, 3.63) is 65.5 Å². The van der Waals surface area contributed by atoms with Crippen molar-refractivity contribution >= 4 is 38.0 Å². The number of nitrogens with zero attached hydrogens (tertiary/aromatic N) is 1. The second kappa shape index (κ2) is 7.42. The van der Waals surface area contributed by atoms with E-state index < -0.39 is 10.0 Å². The molecule has 0 atom stereocenters. The summed E-state index contributed by atoms with van der Waals surface area (Å²) in [5, 5.41) is 3.74. The van der Waals surface area contributed by atoms with Gasteiger partial charge in [0, 0.05) is 24.7 Å². The van der Waals surface area contributed by atoms with E-state index >= 15 is 0 Å². The Kier molecular flexibility index (Phi) is 4.99. The van der Waals surface area contributed by atoms with Crippen LogP contribution in [0.25, 0.3) is 10.8 Å². The van der Waals surface area contributed by atoms with Gasteiger partial charge in [-0.25, -0.2) is 13.1 Å². The first-order valence-electron chi connectivity index (χ1n) is 8.87. The second-order valence-corrected chi connectivity index (χ2v) is 9.54. The SMILES string of the molecule is O=C(c1cccc2ccccc12)N1CCC(NS(=O)(=O)c2cccs2)CC1. The molecule has 0 radical (unpaired) electrons. The first-order valence-corrected chi connectivity index (χ1v) is 11.2. The zero-order valence-electron chi connectivity index (χ0n) is 14.7. The Balaban J connectivity index is 1.44. The minimum absolute atomic E-state index is 0.00589. The zero-order chi connectivity index (χ0) is 18.9. The maximum atomic E-state index is 13.0. The summed E-state index contributed by atoms with van der Waals surface area (Å²) in [6.45, 7) is 1.08. The van der Waals surface area contributed by atoms with Crippen molar-refractivity contribution in [1.82, 2.24) is 9.62 Å². The highest BCUT2D eigenvalue weighted by Crippen LogP contribution is 2.23. The van der Waals surface area contributed by atoms with E-state index in [0.717, 1.165) is 10.8 Å². The van der Waals surface area contributed by atoms with E-state index in [9.17, 15) is 13.2 Å². The number of benzene rings is 2. The molecule has 0 bridgehead atoms. The molecule has 1 N–H and O–H groups in total. The standard InChI is InChI=1S/C20H20N2O3S2/c23-20(18-8-3-6-15-5-1-2-7-17(15)18)22-12-10-16(11-13-22)21-27(24,25)19-9-4-14-26-19/h1-9,14,16,21H,10-13H2. The highest BCUT2D eigenvalue weighted by molar-refractivity contribution is 7.91. The fraction of sp³-hybridized carbons (Fsp3) is 0.250. The molecule has 7 heteroatoms. The summed E-state index contributed by atoms with van der Waals surface area (Å²) in [4.78, 5) is 14.8. The highest BCUT2D eigenvalue weighted by atomic mass is 32.2. The van der Waals surface area contributed by atoms with E-state index in [1.807, 2.05) is 47.4 Å². The van der Waals surface area contributed by atoms with E-state index in [4.69, 9.17) is 0 Å². The smallest absolute Gasteiger partial charge is 0.254 e. The predicted octanol–water partition coefficient (Wildman–Crippen LogP) is 3.48. The molecular weight excluding hydrogens is 380 g/mol. The lowest BCUT2D eigenvalue weighted by Gasteiger charge is -2.32. The minimum atomic E-state index is -3.47. The van der Waals surface area contributed by atoms with Crippen LogP contribution < -0.4 is 4.72 Å². The molecule has 1 fully saturated rings. The van der Waals surface area contributed by atoms with E-state index in [0.29, 0.717) is 35.7 Å². The monoisotopic (exact) mass is 400 g/mol. The molecule has 1 aliphatic rings. The summed E-state index contributed by atoms with van der Waals surface area (Å²) >= 11 is 1.21. The molecule has 0 spiro atoms. The van der Waals surface area contributed by atoms with Gasteiger partial charge in [-0.3, -0.25) is 4.79 Å². The maximum Gasteiger partial charge on any atom is 0.254 e. The van der Waals surface area contributed by atoms with Crippen molar-refractivity contribution in [3.63, 3.8) is 0 Å². The van der Waals surface area contributed by atoms with Crippen molar-refractivity contribution in [1.29, 1.82) is 0 Å². The third-order valence-corrected chi connectivity index (χ3v) is 7.80. The summed E-state index contributed by atoms with van der Waals surface area (Å²) in [5.74, 6) is 0.00589. The number of hydrogen-bond acceptors (Lipinski definition) is 4. The van der Waals surface area contributed by atoms with Crippen LogP contribution in [-0.4, -0.2) is 38.4 Å². The average molecular weight is 401 g/mol. The predicted molar refractivity (Wildman–Crippen MR) is 108 cm³/mol. The van der Waals surface area contributed by atoms with E-state index in [-0.39, 0.29) is 11.9 Å². The average Bonchev–Trinajstić information content (AvgIpc) is 3.23. The number of thiophene rings is 1. The third-order valence-electron chi connectivity index (χ3n) is 4.88. The van der Waals surface area contributed by atoms with Crippen molar-refractivity contribution in [2.45, 2.75) is 23.1 Å². The molecule has 3 aromatic rings. The number of amides is 1. The van der Waals surface area contributed by atoms with Gasteiger partial charge >= 0.3 is 0 Å². The Hall–Kier alpha value is -2.22. The van der Waals surface area contributed by atoms with Gasteiger partial charge in [-0.15, -0.1) is 11.3 Å². The number of sulfonamides is 1. The molecule has 1 aromatic heterocycles. The summed E-state index contributed by atoms with van der Waals surface area (Å²) in [6, 6.07) is 16.8. The van der Waals surface area contributed by atoms with Crippen LogP contribution in [0.5, 0.6) is 0 Å². The Bertz CT molecular complexity index is 1050. The summed E-state index contributed by atoms with van der Waals surface area (Å²) < 4.78 is 27.8. The molecule has 2 aromatic carbocycles. The molecule has 0 unspecified atom stereocenters. The normalized spacial score (nSPS) is 15.9. The number of nitrogens with one attached hydrogen (secondary N) is 1. The lowest BCUT2D eigenvalue weighted by molar-refractivity contribution is 0.0713. The van der Waals surface area contributed by atoms with Gasteiger partial charge in [0.1, 0.15) is 4.21 Å². The Morgan fingerprint density at radius 3 is 2.48 bits per heavy atom. The van der Waals surface area contributed by atoms with Gasteiger partial charge in [-0.2, -0.15) is 0 Å². The van der Waals surface area contributed by atoms with Crippen LogP contribution in [-0.2, 0) is 10.0 Å². The topological polar surface area (TPSA) is 66.5 Å². The molecule has 4 rings (SSSR count). The quantitative estimate of drug-likeness (QED) is 0.729. The molecule has 140 valence electrons. The second-order valence-electron chi connectivity index (χ2n) is 6.65. The number of carbonyl (C=O) groups is 1. The number of carbonyl (C=O) groups excluding carboxylic acids is 1. The van der Waals surface area contributed by atoms with E-state index in [1.165, 1.54) is 11.3 Å². The minimum Gasteiger partial charge on any atom is -0.339 e. The van der Waals surface area contributed by atoms with Crippen molar-refractivity contribution in [3.8, 4) is 0 Å². The van der Waals surface area contributed by atoms with Gasteiger partial charge < -0.3 is 4.90 Å². The fourth-order valence-corrected chi connectivity index (χ4v) is 5.79. The molecule has 5 nitrogen and oxygen atoms in total. The lowest BCUT2D eigenvalue weighted by Crippen LogP contribution is -2.46. The van der Waals surface area contributed by atoms with Gasteiger partial charge in [0.2, 0.25) is 10.0 Å². The van der Waals surface area contributed by atoms with Crippen LogP contribution in [0.1, 0.15) is 23.2 Å². The highest BCUT2D eigenvalue weighted by Gasteiger charge is 2.28. The first-order chi connectivity index (χ1) is 13.0. The number of piperidine rings is 1. The molecule has 1 saturated heterocycles. The Labute approximate surface area is 162 Å². The third kappa shape index (κ3) is 3.76. The fourth-order valence-electron chi connectivity index (χ4n) is 3.48. The molecule has 2 heterocycles. The zero-order valence-corrected chi connectivity index (χ0v) is 16.3. The van der Waals surface area contributed by atoms with Gasteiger partial charge in [-0.05, 0) is 41.1 Å². The number of fused-ring (bicyclic) bond motifs is 1. The maximum absolute atomic E-state index is 13.0. The Morgan fingerprint density at radius 1 is 1.00 bits per heavy atom. The van der Waals surface area contributed by atoms with Crippen LogP contribution in [0.15, 0.2) is 64.2 Å². The van der Waals surface area contributed by atoms with Crippen molar-refractivity contribution in [2.24, 2.45) is 0 Å². The number of likely N-dealkylation sites (tertiary alicyclic amines) is 1. The van der Waals surface area contributed by atoms with Crippen LogP contribution in [0.4, 0.5) is 0 Å². The number of hydrogen-bond donors (Lipinski definition) is 1. The van der Waals surface area contributed by atoms with E-state index in [2.05, 4.69) is 4.72 Å². The van der Waals surface area contributed by atoms with Gasteiger partial charge in [0.25, 0.3) is 5.91 Å². The summed E-state index contributed by atoms with van der Waals surface area (Å²) in [7, 11) is -3.47. The molecule has 0 aliphatic carbocycles. The number of rotatable bonds is 4. The summed E-state index contributed by atoms with van der Waals surface area (Å²) in [5.41, 5.74) is 0.700. The van der Waals surface area contributed by atoms with Crippen LogP contribution in [0, 0.1) is 0 Å². The summed E-state index contributed by atoms with van der Waals surface area (Å²) in [6.07, 6.45) is 1.22. The van der Waals surface area contributed by atoms with Gasteiger partial charge in [0.05, 0.1) is 0 Å². The van der Waals surface area contributed by atoms with Crippen LogP contribution in [0.3, 0.4) is 0 Å². The van der Waals surface area contributed by atoms with Crippen LogP contribution in [0.2, 0.25) is 0 Å². The van der Waals surface area contributed by atoms with Gasteiger partial charge in [-0.1, -0.05) is 42.5 Å². The van der Waals surface area contributed by atoms with Crippen molar-refractivity contribution < 1.29 is 13.2 Å². The lowest BCUT2D eigenvalue weighted by atomic mass is 10.0. The van der Waals surface area contributed by atoms with E-state index in [1.54, 1.807) is 17.5 Å². The molecule has 1 aliphatic heterocycles. The molecule has 1 amide bonds. The molecule has 0 saturated carbocycles. The molecular formula is C20H20N2O3S2. The van der Waals surface area contributed by atoms with Crippen LogP contribution >= 0.6 is 11.3 Å². The Morgan fingerprint density at radius 2 is 1.74 bits per heavy atom. The first kappa shape index (κ1) is 18.2.